The average molecular weight is 744 g/mol. The molecule has 58 heavy (non-hydrogen) atoms. The van der Waals surface area contributed by atoms with Crippen molar-refractivity contribution in [2.24, 2.45) is 0 Å². The van der Waals surface area contributed by atoms with Gasteiger partial charge in [-0.2, -0.15) is 0 Å². The lowest BCUT2D eigenvalue weighted by Crippen LogP contribution is -2.09. The zero-order chi connectivity index (χ0) is 38.7. The second kappa shape index (κ2) is 15.3. The maximum Gasteiger partial charge on any atom is 0.160 e. The normalized spacial score (nSPS) is 11.1. The molecule has 3 heterocycles. The zero-order valence-corrected chi connectivity index (χ0v) is 31.6. The molecule has 274 valence electrons. The molecule has 0 atom stereocenters. The SMILES string of the molecule is c1ccc(-c2cc(-c3ccccc3)nc(-c3ccc(-c4ccc(N(c5ccccc5)c5ccc(-c6nc7ccccn7c6-c6ccccc6)cc5)cc4)cc3)n2)cc1. The lowest BCUT2D eigenvalue weighted by atomic mass is 10.0. The van der Waals surface area contributed by atoms with Crippen LogP contribution in [0.15, 0.2) is 225 Å². The van der Waals surface area contributed by atoms with E-state index in [1.165, 1.54) is 0 Å². The third kappa shape index (κ3) is 6.82. The Morgan fingerprint density at radius 1 is 0.328 bits per heavy atom. The number of fused-ring (bicyclic) bond motifs is 1. The predicted molar refractivity (Wildman–Crippen MR) is 238 cm³/mol. The number of aromatic nitrogens is 4. The van der Waals surface area contributed by atoms with Crippen LogP contribution >= 0.6 is 0 Å². The molecule has 0 aliphatic rings. The summed E-state index contributed by atoms with van der Waals surface area (Å²) in [4.78, 5) is 17.4. The second-order valence-electron chi connectivity index (χ2n) is 14.1. The molecule has 0 N–H and O–H groups in total. The van der Waals surface area contributed by atoms with Crippen LogP contribution in [0.1, 0.15) is 0 Å². The van der Waals surface area contributed by atoms with E-state index < -0.39 is 0 Å². The molecule has 10 rings (SSSR count). The molecule has 0 bridgehead atoms. The highest BCUT2D eigenvalue weighted by Crippen LogP contribution is 2.39. The standard InChI is InChI=1S/C53H37N5/c1-5-15-40(16-6-1)48-37-49(41-17-7-2-8-18-41)55-53(54-48)44-26-24-38(25-27-44)39-28-32-46(33-29-39)58(45-21-11-4-12-22-45)47-34-30-42(31-35-47)51-52(43-19-9-3-10-20-43)57-36-14-13-23-50(57)56-51/h1-37H. The monoisotopic (exact) mass is 743 g/mol. The van der Waals surface area contributed by atoms with Gasteiger partial charge in [0.05, 0.1) is 22.8 Å². The van der Waals surface area contributed by atoms with Gasteiger partial charge in [0.15, 0.2) is 5.82 Å². The maximum absolute atomic E-state index is 5.09. The summed E-state index contributed by atoms with van der Waals surface area (Å²) < 4.78 is 2.17. The average Bonchev–Trinajstić information content (AvgIpc) is 3.71. The zero-order valence-electron chi connectivity index (χ0n) is 31.6. The van der Waals surface area contributed by atoms with Crippen molar-refractivity contribution in [2.45, 2.75) is 0 Å². The minimum absolute atomic E-state index is 0.698. The lowest BCUT2D eigenvalue weighted by Gasteiger charge is -2.26. The molecule has 0 aliphatic heterocycles. The lowest BCUT2D eigenvalue weighted by molar-refractivity contribution is 1.18. The molecule has 0 fully saturated rings. The van der Waals surface area contributed by atoms with Gasteiger partial charge in [0.25, 0.3) is 0 Å². The van der Waals surface area contributed by atoms with Crippen molar-refractivity contribution in [3.8, 4) is 67.5 Å². The van der Waals surface area contributed by atoms with E-state index in [4.69, 9.17) is 15.0 Å². The predicted octanol–water partition coefficient (Wildman–Crippen LogP) is 13.6. The molecule has 0 unspecified atom stereocenters. The molecule has 0 radical (unpaired) electrons. The van der Waals surface area contributed by atoms with E-state index in [9.17, 15) is 0 Å². The van der Waals surface area contributed by atoms with Gasteiger partial charge >= 0.3 is 0 Å². The minimum Gasteiger partial charge on any atom is -0.311 e. The van der Waals surface area contributed by atoms with Crippen LogP contribution in [0.4, 0.5) is 17.1 Å². The quantitative estimate of drug-likeness (QED) is 0.148. The van der Waals surface area contributed by atoms with Crippen LogP contribution in [0.5, 0.6) is 0 Å². The van der Waals surface area contributed by atoms with Crippen LogP contribution in [0.25, 0.3) is 73.2 Å². The molecule has 3 aromatic heterocycles. The van der Waals surface area contributed by atoms with E-state index in [0.29, 0.717) is 5.82 Å². The van der Waals surface area contributed by atoms with Crippen molar-refractivity contribution < 1.29 is 0 Å². The van der Waals surface area contributed by atoms with E-state index in [1.807, 2.05) is 48.5 Å². The molecule has 0 saturated carbocycles. The molecule has 5 heteroatoms. The highest BCUT2D eigenvalue weighted by atomic mass is 15.1. The Hall–Kier alpha value is -7.89. The maximum atomic E-state index is 5.09. The Morgan fingerprint density at radius 2 is 0.759 bits per heavy atom. The van der Waals surface area contributed by atoms with Gasteiger partial charge in [0.1, 0.15) is 5.65 Å². The first-order valence-corrected chi connectivity index (χ1v) is 19.4. The van der Waals surface area contributed by atoms with Gasteiger partial charge in [-0.25, -0.2) is 15.0 Å². The van der Waals surface area contributed by atoms with Crippen molar-refractivity contribution in [2.75, 3.05) is 4.90 Å². The summed E-state index contributed by atoms with van der Waals surface area (Å²) in [5.74, 6) is 0.698. The number of imidazole rings is 1. The van der Waals surface area contributed by atoms with Gasteiger partial charge in [0, 0.05) is 51.1 Å². The number of nitrogens with zero attached hydrogens (tertiary/aromatic N) is 5. The highest BCUT2D eigenvalue weighted by molar-refractivity contribution is 5.85. The molecular weight excluding hydrogens is 707 g/mol. The summed E-state index contributed by atoms with van der Waals surface area (Å²) in [6.07, 6.45) is 2.08. The van der Waals surface area contributed by atoms with Gasteiger partial charge in [-0.05, 0) is 65.7 Å². The Bertz CT molecular complexity index is 2890. The van der Waals surface area contributed by atoms with Gasteiger partial charge in [-0.3, -0.25) is 4.40 Å². The molecule has 7 aromatic carbocycles. The van der Waals surface area contributed by atoms with Crippen molar-refractivity contribution in [1.82, 2.24) is 19.4 Å². The third-order valence-corrected chi connectivity index (χ3v) is 10.5. The summed E-state index contributed by atoms with van der Waals surface area (Å²) in [6, 6.07) is 75.8. The fourth-order valence-electron chi connectivity index (χ4n) is 7.57. The minimum atomic E-state index is 0.698. The van der Waals surface area contributed by atoms with Crippen LogP contribution < -0.4 is 4.90 Å². The molecule has 0 aliphatic carbocycles. The van der Waals surface area contributed by atoms with E-state index >= 15 is 0 Å². The van der Waals surface area contributed by atoms with Crippen LogP contribution in [0.3, 0.4) is 0 Å². The number of para-hydroxylation sites is 1. The number of anilines is 3. The summed E-state index contributed by atoms with van der Waals surface area (Å²) in [5, 5.41) is 0. The Kier molecular flexibility index (Phi) is 9.14. The van der Waals surface area contributed by atoms with Gasteiger partial charge in [-0.1, -0.05) is 164 Å². The first kappa shape index (κ1) is 34.6. The second-order valence-corrected chi connectivity index (χ2v) is 14.1. The molecule has 0 spiro atoms. The molecule has 0 amide bonds. The Morgan fingerprint density at radius 3 is 1.31 bits per heavy atom. The van der Waals surface area contributed by atoms with Gasteiger partial charge < -0.3 is 4.90 Å². The van der Waals surface area contributed by atoms with Crippen LogP contribution in [0, 0.1) is 0 Å². The van der Waals surface area contributed by atoms with Crippen molar-refractivity contribution >= 4 is 22.7 Å². The largest absolute Gasteiger partial charge is 0.311 e. The number of pyridine rings is 1. The van der Waals surface area contributed by atoms with Crippen molar-refractivity contribution in [3.05, 3.63) is 225 Å². The summed E-state index contributed by atoms with van der Waals surface area (Å²) in [6.45, 7) is 0. The summed E-state index contributed by atoms with van der Waals surface area (Å²) in [7, 11) is 0. The number of hydrogen-bond donors (Lipinski definition) is 0. The topological polar surface area (TPSA) is 46.3 Å². The smallest absolute Gasteiger partial charge is 0.160 e. The third-order valence-electron chi connectivity index (χ3n) is 10.5. The van der Waals surface area contributed by atoms with E-state index in [-0.39, 0.29) is 0 Å². The summed E-state index contributed by atoms with van der Waals surface area (Å²) >= 11 is 0. The first-order chi connectivity index (χ1) is 28.7. The van der Waals surface area contributed by atoms with Gasteiger partial charge in [-0.15, -0.1) is 0 Å². The van der Waals surface area contributed by atoms with E-state index in [0.717, 1.165) is 84.4 Å². The molecule has 0 saturated heterocycles. The number of benzene rings is 7. The van der Waals surface area contributed by atoms with Crippen LogP contribution in [-0.4, -0.2) is 19.4 Å². The van der Waals surface area contributed by atoms with Crippen LogP contribution in [-0.2, 0) is 0 Å². The first-order valence-electron chi connectivity index (χ1n) is 19.4. The molecule has 10 aromatic rings. The fourth-order valence-corrected chi connectivity index (χ4v) is 7.57. The summed E-state index contributed by atoms with van der Waals surface area (Å²) in [5.41, 5.74) is 15.5. The Balaban J connectivity index is 0.958. The van der Waals surface area contributed by atoms with Crippen molar-refractivity contribution in [3.63, 3.8) is 0 Å². The number of hydrogen-bond acceptors (Lipinski definition) is 4. The number of rotatable bonds is 9. The molecular formula is C53H37N5. The van der Waals surface area contributed by atoms with E-state index in [2.05, 4.69) is 185 Å². The van der Waals surface area contributed by atoms with Gasteiger partial charge in [0.2, 0.25) is 0 Å². The fraction of sp³-hybridized carbons (Fsp3) is 0. The highest BCUT2D eigenvalue weighted by Gasteiger charge is 2.18. The molecule has 5 nitrogen and oxygen atoms in total. The Labute approximate surface area is 337 Å². The van der Waals surface area contributed by atoms with Crippen molar-refractivity contribution in [1.29, 1.82) is 0 Å². The van der Waals surface area contributed by atoms with Crippen LogP contribution in [0.2, 0.25) is 0 Å². The van der Waals surface area contributed by atoms with E-state index in [1.54, 1.807) is 0 Å².